The summed E-state index contributed by atoms with van der Waals surface area (Å²) in [6.07, 6.45) is 2.16. The Morgan fingerprint density at radius 2 is 0.635 bits per heavy atom. The number of fused-ring (bicyclic) bond motifs is 2. The van der Waals surface area contributed by atoms with Crippen LogP contribution in [-0.2, 0) is 0 Å². The molecule has 0 bridgehead atoms. The maximum atomic E-state index is 2.50. The molecule has 0 saturated carbocycles. The molecule has 0 fully saturated rings. The number of hydrogen-bond acceptors (Lipinski definition) is 2. The van der Waals surface area contributed by atoms with Gasteiger partial charge in [-0.05, 0) is 124 Å². The molecule has 0 spiro atoms. The lowest BCUT2D eigenvalue weighted by molar-refractivity contribution is 0.734. The quantitative estimate of drug-likeness (QED) is 0.105. The van der Waals surface area contributed by atoms with Crippen LogP contribution in [0.4, 0.5) is 34.1 Å². The van der Waals surface area contributed by atoms with Crippen LogP contribution in [-0.4, -0.2) is 0 Å². The summed E-state index contributed by atoms with van der Waals surface area (Å²) in [6, 6.07) is 50.6. The van der Waals surface area contributed by atoms with E-state index in [1.54, 1.807) is 0 Å². The second kappa shape index (κ2) is 14.7. The van der Waals surface area contributed by atoms with Crippen molar-refractivity contribution < 1.29 is 0 Å². The van der Waals surface area contributed by atoms with Gasteiger partial charge in [-0.25, -0.2) is 0 Å². The van der Waals surface area contributed by atoms with Crippen molar-refractivity contribution in [2.45, 2.75) is 80.1 Å². The first kappa shape index (κ1) is 35.1. The van der Waals surface area contributed by atoms with E-state index in [0.29, 0.717) is 11.8 Å². The maximum absolute atomic E-state index is 2.50. The fourth-order valence-corrected chi connectivity index (χ4v) is 7.37. The SMILES string of the molecule is CCC(C)c1ccc2c(N(c3ccc(C)cc3)c3ccc(C)cc3)c3cc(C(C)CC)ccc3c(N(c3ccc(C)cc3)c3ccc(C)cc3)c2c1. The van der Waals surface area contributed by atoms with Gasteiger partial charge >= 0.3 is 0 Å². The van der Waals surface area contributed by atoms with Crippen molar-refractivity contribution in [3.63, 3.8) is 0 Å². The fourth-order valence-electron chi connectivity index (χ4n) is 7.37. The summed E-state index contributed by atoms with van der Waals surface area (Å²) in [4.78, 5) is 5.00. The lowest BCUT2D eigenvalue weighted by Crippen LogP contribution is -2.15. The number of benzene rings is 7. The topological polar surface area (TPSA) is 6.48 Å². The molecule has 7 aromatic rings. The Balaban J connectivity index is 1.69. The van der Waals surface area contributed by atoms with Crippen LogP contribution in [0.3, 0.4) is 0 Å². The zero-order valence-corrected chi connectivity index (χ0v) is 32.2. The van der Waals surface area contributed by atoms with Crippen molar-refractivity contribution in [1.82, 2.24) is 0 Å². The first-order chi connectivity index (χ1) is 25.2. The molecule has 2 unspecified atom stereocenters. The summed E-state index contributed by atoms with van der Waals surface area (Å²) in [5.74, 6) is 0.864. The highest BCUT2D eigenvalue weighted by Gasteiger charge is 2.27. The molecule has 7 rings (SSSR count). The molecule has 0 aliphatic rings. The van der Waals surface area contributed by atoms with Crippen molar-refractivity contribution >= 4 is 55.7 Å². The van der Waals surface area contributed by atoms with Gasteiger partial charge in [0.25, 0.3) is 0 Å². The van der Waals surface area contributed by atoms with E-state index in [9.17, 15) is 0 Å². The highest BCUT2D eigenvalue weighted by atomic mass is 15.2. The maximum Gasteiger partial charge on any atom is 0.0620 e. The van der Waals surface area contributed by atoms with Crippen LogP contribution in [0, 0.1) is 27.7 Å². The van der Waals surface area contributed by atoms with Gasteiger partial charge in [0.2, 0.25) is 0 Å². The van der Waals surface area contributed by atoms with Crippen LogP contribution in [0.15, 0.2) is 133 Å². The van der Waals surface area contributed by atoms with E-state index in [0.717, 1.165) is 35.6 Å². The van der Waals surface area contributed by atoms with Gasteiger partial charge in [0, 0.05) is 44.3 Å². The number of aryl methyl sites for hydroxylation is 4. The van der Waals surface area contributed by atoms with E-state index < -0.39 is 0 Å². The monoisotopic (exact) mass is 680 g/mol. The lowest BCUT2D eigenvalue weighted by Gasteiger charge is -2.33. The lowest BCUT2D eigenvalue weighted by atomic mass is 9.88. The zero-order chi connectivity index (χ0) is 36.5. The molecular formula is C50H52N2. The van der Waals surface area contributed by atoms with Gasteiger partial charge in [-0.15, -0.1) is 0 Å². The molecule has 0 aliphatic heterocycles. The fraction of sp³-hybridized carbons (Fsp3) is 0.240. The van der Waals surface area contributed by atoms with Crippen LogP contribution in [0.2, 0.25) is 0 Å². The molecule has 0 amide bonds. The molecule has 52 heavy (non-hydrogen) atoms. The predicted molar refractivity (Wildman–Crippen MR) is 227 cm³/mol. The van der Waals surface area contributed by atoms with Gasteiger partial charge in [0.1, 0.15) is 0 Å². The Morgan fingerprint density at radius 1 is 0.365 bits per heavy atom. The van der Waals surface area contributed by atoms with Gasteiger partial charge < -0.3 is 9.80 Å². The summed E-state index contributed by atoms with van der Waals surface area (Å²) in [5, 5.41) is 4.98. The van der Waals surface area contributed by atoms with E-state index in [-0.39, 0.29) is 0 Å². The van der Waals surface area contributed by atoms with Gasteiger partial charge in [-0.2, -0.15) is 0 Å². The Kier molecular flexibility index (Phi) is 9.93. The van der Waals surface area contributed by atoms with Crippen molar-refractivity contribution in [2.75, 3.05) is 9.80 Å². The van der Waals surface area contributed by atoms with Crippen LogP contribution in [0.5, 0.6) is 0 Å². The van der Waals surface area contributed by atoms with Crippen LogP contribution >= 0.6 is 0 Å². The largest absolute Gasteiger partial charge is 0.309 e. The van der Waals surface area contributed by atoms with Crippen molar-refractivity contribution in [3.8, 4) is 0 Å². The average molecular weight is 681 g/mol. The van der Waals surface area contributed by atoms with Gasteiger partial charge in [0.05, 0.1) is 11.4 Å². The number of hydrogen-bond donors (Lipinski definition) is 0. The number of rotatable bonds is 10. The van der Waals surface area contributed by atoms with Gasteiger partial charge in [-0.1, -0.05) is 123 Å². The van der Waals surface area contributed by atoms with E-state index >= 15 is 0 Å². The summed E-state index contributed by atoms with van der Waals surface area (Å²) >= 11 is 0. The van der Waals surface area contributed by atoms with E-state index in [1.165, 1.54) is 66.3 Å². The molecule has 0 saturated heterocycles. The van der Waals surface area contributed by atoms with E-state index in [4.69, 9.17) is 0 Å². The number of nitrogens with zero attached hydrogens (tertiary/aromatic N) is 2. The molecule has 2 atom stereocenters. The smallest absolute Gasteiger partial charge is 0.0620 e. The van der Waals surface area contributed by atoms with E-state index in [1.807, 2.05) is 0 Å². The zero-order valence-electron chi connectivity index (χ0n) is 32.2. The molecule has 0 aromatic heterocycles. The summed E-state index contributed by atoms with van der Waals surface area (Å²) < 4.78 is 0. The van der Waals surface area contributed by atoms with Gasteiger partial charge in [-0.3, -0.25) is 0 Å². The first-order valence-electron chi connectivity index (χ1n) is 19.1. The molecular weight excluding hydrogens is 629 g/mol. The molecule has 262 valence electrons. The normalized spacial score (nSPS) is 12.6. The molecule has 0 radical (unpaired) electrons. The van der Waals surface area contributed by atoms with Gasteiger partial charge in [0.15, 0.2) is 0 Å². The summed E-state index contributed by atoms with van der Waals surface area (Å²) in [6.45, 7) is 17.9. The van der Waals surface area contributed by atoms with Crippen LogP contribution in [0.1, 0.15) is 85.8 Å². The second-order valence-electron chi connectivity index (χ2n) is 14.9. The van der Waals surface area contributed by atoms with Crippen LogP contribution < -0.4 is 9.80 Å². The van der Waals surface area contributed by atoms with Crippen molar-refractivity contribution in [2.24, 2.45) is 0 Å². The van der Waals surface area contributed by atoms with Crippen molar-refractivity contribution in [3.05, 3.63) is 167 Å². The molecule has 0 N–H and O–H groups in total. The molecule has 2 heteroatoms. The molecule has 0 aliphatic carbocycles. The Labute approximate surface area is 311 Å². The molecule has 0 heterocycles. The molecule has 7 aromatic carbocycles. The second-order valence-corrected chi connectivity index (χ2v) is 14.9. The Hall–Kier alpha value is -5.34. The predicted octanol–water partition coefficient (Wildman–Crippen LogP) is 15.2. The highest BCUT2D eigenvalue weighted by molar-refractivity contribution is 6.23. The number of anilines is 6. The van der Waals surface area contributed by atoms with Crippen LogP contribution in [0.25, 0.3) is 21.5 Å². The summed E-state index contributed by atoms with van der Waals surface area (Å²) in [7, 11) is 0. The van der Waals surface area contributed by atoms with E-state index in [2.05, 4.69) is 199 Å². The van der Waals surface area contributed by atoms with Crippen molar-refractivity contribution in [1.29, 1.82) is 0 Å². The Bertz CT molecular complexity index is 2060. The first-order valence-corrected chi connectivity index (χ1v) is 19.1. The highest BCUT2D eigenvalue weighted by Crippen LogP contribution is 2.52. The average Bonchev–Trinajstić information content (AvgIpc) is 3.17. The summed E-state index contributed by atoms with van der Waals surface area (Å²) in [5.41, 5.74) is 14.8. The molecule has 2 nitrogen and oxygen atoms in total. The Morgan fingerprint density at radius 3 is 0.885 bits per heavy atom. The third-order valence-corrected chi connectivity index (χ3v) is 11.1. The minimum Gasteiger partial charge on any atom is -0.309 e. The standard InChI is InChI=1S/C50H52N2/c1-9-37(7)39-19-29-45-47(31-39)49(51(41-21-11-33(3)12-22-41)42-23-13-34(4)14-24-42)46-30-20-40(38(8)10-2)32-48(46)50(45)52(43-25-15-35(5)16-26-43)44-27-17-36(6)18-28-44/h11-32,37-38H,9-10H2,1-8H3. The third-order valence-electron chi connectivity index (χ3n) is 11.1. The third kappa shape index (κ3) is 6.71. The minimum atomic E-state index is 0.432. The minimum absolute atomic E-state index is 0.432.